The third-order valence-corrected chi connectivity index (χ3v) is 6.50. The normalized spacial score (nSPS) is 24.1. The monoisotopic (exact) mass is 381 g/mol. The molecule has 7 heteroatoms. The molecule has 0 saturated carbocycles. The average Bonchev–Trinajstić information content (AvgIpc) is 3.41. The summed E-state index contributed by atoms with van der Waals surface area (Å²) in [4.78, 5) is 28.7. The van der Waals surface area contributed by atoms with Crippen LogP contribution in [0.2, 0.25) is 0 Å². The predicted octanol–water partition coefficient (Wildman–Crippen LogP) is 1.77. The lowest BCUT2D eigenvalue weighted by Crippen LogP contribution is -2.61. The highest BCUT2D eigenvalue weighted by molar-refractivity contribution is 5.79. The minimum Gasteiger partial charge on any atom is -0.469 e. The number of rotatable bonds is 4. The quantitative estimate of drug-likeness (QED) is 0.804. The number of likely N-dealkylation sites (N-methyl/N-ethyl adjacent to an activating group) is 1. The Morgan fingerprint density at radius 1 is 1.25 bits per heavy atom. The number of anilines is 1. The maximum absolute atomic E-state index is 12.6. The maximum atomic E-state index is 12.6. The van der Waals surface area contributed by atoms with Crippen molar-refractivity contribution in [1.29, 1.82) is 0 Å². The minimum absolute atomic E-state index is 0.101. The number of hydrogen-bond acceptors (Lipinski definition) is 6. The van der Waals surface area contributed by atoms with Gasteiger partial charge >= 0.3 is 0 Å². The summed E-state index contributed by atoms with van der Waals surface area (Å²) < 4.78 is 5.33. The van der Waals surface area contributed by atoms with Crippen molar-refractivity contribution in [2.45, 2.75) is 25.2 Å². The lowest BCUT2D eigenvalue weighted by Gasteiger charge is -2.51. The van der Waals surface area contributed by atoms with Gasteiger partial charge in [-0.05, 0) is 38.1 Å². The Morgan fingerprint density at radius 3 is 2.82 bits per heavy atom. The van der Waals surface area contributed by atoms with Gasteiger partial charge in [0.05, 0.1) is 18.4 Å². The van der Waals surface area contributed by atoms with E-state index in [0.717, 1.165) is 56.7 Å². The zero-order valence-electron chi connectivity index (χ0n) is 16.4. The molecule has 3 aliphatic rings. The van der Waals surface area contributed by atoms with Crippen LogP contribution >= 0.6 is 0 Å². The molecule has 0 aromatic carbocycles. The molecule has 1 amide bonds. The first-order valence-electron chi connectivity index (χ1n) is 10.2. The molecule has 3 saturated heterocycles. The molecule has 2 aromatic rings. The Hall–Kier alpha value is -2.41. The van der Waals surface area contributed by atoms with Crippen molar-refractivity contribution in [3.05, 3.63) is 42.1 Å². The summed E-state index contributed by atoms with van der Waals surface area (Å²) in [5, 5.41) is 0. The van der Waals surface area contributed by atoms with E-state index in [0.29, 0.717) is 12.3 Å². The molecule has 1 atom stereocenters. The molecule has 28 heavy (non-hydrogen) atoms. The van der Waals surface area contributed by atoms with Crippen LogP contribution in [0.4, 0.5) is 5.95 Å². The summed E-state index contributed by atoms with van der Waals surface area (Å²) in [5.74, 6) is 2.09. The van der Waals surface area contributed by atoms with Crippen molar-refractivity contribution >= 4 is 11.9 Å². The fraction of sp³-hybridized carbons (Fsp3) is 0.571. The molecule has 148 valence electrons. The number of nitrogens with zero attached hydrogens (tertiary/aromatic N) is 5. The molecular formula is C21H27N5O2. The fourth-order valence-corrected chi connectivity index (χ4v) is 5.13. The maximum Gasteiger partial charge on any atom is 0.230 e. The van der Waals surface area contributed by atoms with Gasteiger partial charge in [-0.2, -0.15) is 0 Å². The molecule has 2 aromatic heterocycles. The summed E-state index contributed by atoms with van der Waals surface area (Å²) in [6, 6.07) is 5.76. The number of aromatic nitrogens is 2. The summed E-state index contributed by atoms with van der Waals surface area (Å²) in [6.07, 6.45) is 6.30. The average molecular weight is 381 g/mol. The van der Waals surface area contributed by atoms with E-state index in [4.69, 9.17) is 9.40 Å². The molecule has 1 spiro atoms. The van der Waals surface area contributed by atoms with E-state index < -0.39 is 0 Å². The second-order valence-corrected chi connectivity index (χ2v) is 8.59. The Bertz CT molecular complexity index is 840. The highest BCUT2D eigenvalue weighted by atomic mass is 16.3. The van der Waals surface area contributed by atoms with Crippen molar-refractivity contribution in [1.82, 2.24) is 19.8 Å². The van der Waals surface area contributed by atoms with Crippen LogP contribution in [0.15, 0.2) is 35.1 Å². The van der Waals surface area contributed by atoms with E-state index in [1.807, 2.05) is 23.2 Å². The van der Waals surface area contributed by atoms with Crippen molar-refractivity contribution in [3.63, 3.8) is 0 Å². The van der Waals surface area contributed by atoms with Gasteiger partial charge in [-0.1, -0.05) is 0 Å². The van der Waals surface area contributed by atoms with Crippen LogP contribution in [0, 0.1) is 5.41 Å². The van der Waals surface area contributed by atoms with Crippen LogP contribution in [-0.4, -0.2) is 72.0 Å². The fourth-order valence-electron chi connectivity index (χ4n) is 5.13. The molecule has 1 unspecified atom stereocenters. The van der Waals surface area contributed by atoms with E-state index in [9.17, 15) is 4.79 Å². The van der Waals surface area contributed by atoms with Crippen LogP contribution in [-0.2, 0) is 11.2 Å². The van der Waals surface area contributed by atoms with Gasteiger partial charge in [0.2, 0.25) is 11.9 Å². The van der Waals surface area contributed by atoms with Crippen LogP contribution in [0.3, 0.4) is 0 Å². The molecule has 5 rings (SSSR count). The third-order valence-electron chi connectivity index (χ3n) is 6.50. The number of amides is 1. The van der Waals surface area contributed by atoms with Crippen molar-refractivity contribution in [2.24, 2.45) is 5.41 Å². The lowest BCUT2D eigenvalue weighted by atomic mass is 9.70. The van der Waals surface area contributed by atoms with Crippen molar-refractivity contribution in [3.8, 4) is 0 Å². The molecule has 7 nitrogen and oxygen atoms in total. The first kappa shape index (κ1) is 17.7. The smallest absolute Gasteiger partial charge is 0.230 e. The number of hydrogen-bond donors (Lipinski definition) is 0. The van der Waals surface area contributed by atoms with Crippen LogP contribution in [0.1, 0.15) is 30.2 Å². The van der Waals surface area contributed by atoms with Crippen LogP contribution < -0.4 is 4.90 Å². The zero-order chi connectivity index (χ0) is 19.1. The molecule has 3 aliphatic heterocycles. The second-order valence-electron chi connectivity index (χ2n) is 8.59. The van der Waals surface area contributed by atoms with Crippen LogP contribution in [0.5, 0.6) is 0 Å². The second kappa shape index (κ2) is 6.88. The number of furan rings is 1. The van der Waals surface area contributed by atoms with Crippen molar-refractivity contribution in [2.75, 3.05) is 51.2 Å². The lowest BCUT2D eigenvalue weighted by molar-refractivity contribution is -0.143. The zero-order valence-corrected chi connectivity index (χ0v) is 16.4. The molecule has 5 heterocycles. The van der Waals surface area contributed by atoms with Gasteiger partial charge < -0.3 is 19.1 Å². The van der Waals surface area contributed by atoms with Gasteiger partial charge in [-0.25, -0.2) is 9.97 Å². The van der Waals surface area contributed by atoms with Crippen molar-refractivity contribution < 1.29 is 9.21 Å². The molecule has 0 radical (unpaired) electrons. The standard InChI is InChI=1S/C21H27N5O2/c1-24-12-17(18-6-7-22-20(23-18)25-8-2-3-9-25)21(13-24)14-26(15-21)19(27)11-16-5-4-10-28-16/h4-7,10,17H,2-3,8-9,11-15H2,1H3. The highest BCUT2D eigenvalue weighted by Crippen LogP contribution is 2.48. The Labute approximate surface area is 165 Å². The van der Waals surface area contributed by atoms with Gasteiger partial charge in [0.1, 0.15) is 5.76 Å². The van der Waals surface area contributed by atoms with Gasteiger partial charge in [-0.3, -0.25) is 4.79 Å². The van der Waals surface area contributed by atoms with Gasteiger partial charge in [0.25, 0.3) is 0 Å². The van der Waals surface area contributed by atoms with E-state index >= 15 is 0 Å². The van der Waals surface area contributed by atoms with E-state index in [1.165, 1.54) is 12.8 Å². The molecule has 0 aliphatic carbocycles. The Morgan fingerprint density at radius 2 is 2.07 bits per heavy atom. The Balaban J connectivity index is 1.31. The minimum atomic E-state index is 0.101. The molecular weight excluding hydrogens is 354 g/mol. The first-order valence-corrected chi connectivity index (χ1v) is 10.2. The van der Waals surface area contributed by atoms with E-state index in [1.54, 1.807) is 6.26 Å². The topological polar surface area (TPSA) is 65.7 Å². The van der Waals surface area contributed by atoms with Gasteiger partial charge in [0, 0.05) is 56.8 Å². The summed E-state index contributed by atoms with van der Waals surface area (Å²) in [7, 11) is 2.16. The third kappa shape index (κ3) is 3.07. The molecule has 0 N–H and O–H groups in total. The van der Waals surface area contributed by atoms with E-state index in [2.05, 4.69) is 27.9 Å². The van der Waals surface area contributed by atoms with Gasteiger partial charge in [0.15, 0.2) is 0 Å². The number of carbonyl (C=O) groups is 1. The van der Waals surface area contributed by atoms with E-state index in [-0.39, 0.29) is 11.3 Å². The number of carbonyl (C=O) groups excluding carboxylic acids is 1. The molecule has 0 bridgehead atoms. The largest absolute Gasteiger partial charge is 0.469 e. The number of likely N-dealkylation sites (tertiary alicyclic amines) is 2. The first-order chi connectivity index (χ1) is 13.6. The Kier molecular flexibility index (Phi) is 4.34. The summed E-state index contributed by atoms with van der Waals surface area (Å²) >= 11 is 0. The highest BCUT2D eigenvalue weighted by Gasteiger charge is 2.55. The summed E-state index contributed by atoms with van der Waals surface area (Å²) in [5.41, 5.74) is 1.23. The van der Waals surface area contributed by atoms with Crippen LogP contribution in [0.25, 0.3) is 0 Å². The molecule has 3 fully saturated rings. The summed E-state index contributed by atoms with van der Waals surface area (Å²) in [6.45, 7) is 5.68. The SMILES string of the molecule is CN1CC(c2ccnc(N3CCCC3)n2)C2(C1)CN(C(=O)Cc1ccco1)C2. The van der Waals surface area contributed by atoms with Gasteiger partial charge in [-0.15, -0.1) is 0 Å². The predicted molar refractivity (Wildman–Crippen MR) is 105 cm³/mol.